The van der Waals surface area contributed by atoms with E-state index in [0.717, 1.165) is 0 Å². The van der Waals surface area contributed by atoms with Crippen molar-refractivity contribution in [1.29, 1.82) is 0 Å². The van der Waals surface area contributed by atoms with Crippen molar-refractivity contribution in [3.8, 4) is 0 Å². The minimum absolute atomic E-state index is 0.270. The summed E-state index contributed by atoms with van der Waals surface area (Å²) in [6.07, 6.45) is 0. The molecule has 8 nitrogen and oxygen atoms in total. The van der Waals surface area contributed by atoms with E-state index in [4.69, 9.17) is 5.73 Å². The zero-order valence-corrected chi connectivity index (χ0v) is 6.24. The first kappa shape index (κ1) is 7.68. The number of fused-ring (bicyclic) bond motifs is 1. The lowest BCUT2D eigenvalue weighted by Gasteiger charge is -2.23. The largest absolute Gasteiger partial charge is 0.369 e. The Labute approximate surface area is 71.5 Å². The summed E-state index contributed by atoms with van der Waals surface area (Å²) in [5.74, 6) is -3.11. The van der Waals surface area contributed by atoms with Crippen molar-refractivity contribution in [2.45, 2.75) is 5.85 Å². The van der Waals surface area contributed by atoms with E-state index in [2.05, 4.69) is 15.3 Å². The minimum atomic E-state index is -2.09. The zero-order valence-electron chi connectivity index (χ0n) is 6.24. The number of urea groups is 1. The molecule has 0 fully saturated rings. The molecule has 0 bridgehead atoms. The van der Waals surface area contributed by atoms with Crippen LogP contribution in [0.4, 0.5) is 4.79 Å². The van der Waals surface area contributed by atoms with Crippen LogP contribution in [0.1, 0.15) is 0 Å². The maximum Gasteiger partial charge on any atom is 0.345 e. The van der Waals surface area contributed by atoms with Gasteiger partial charge in [-0.25, -0.2) is 4.79 Å². The van der Waals surface area contributed by atoms with Crippen molar-refractivity contribution < 1.29 is 14.7 Å². The lowest BCUT2D eigenvalue weighted by Crippen LogP contribution is -2.59. The van der Waals surface area contributed by atoms with Crippen LogP contribution in [0.25, 0.3) is 0 Å². The summed E-state index contributed by atoms with van der Waals surface area (Å²) in [6, 6.07) is -0.828. The van der Waals surface area contributed by atoms with Crippen LogP contribution >= 0.6 is 0 Å². The topological polar surface area (TPSA) is 129 Å². The van der Waals surface area contributed by atoms with Crippen molar-refractivity contribution in [2.24, 2.45) is 15.7 Å². The van der Waals surface area contributed by atoms with Gasteiger partial charge in [0.05, 0.1) is 0 Å². The number of hydrogen-bond donors (Lipinski definition) is 4. The second kappa shape index (κ2) is 2.04. The van der Waals surface area contributed by atoms with E-state index in [1.54, 1.807) is 0 Å². The van der Waals surface area contributed by atoms with E-state index in [0.29, 0.717) is 0 Å². The van der Waals surface area contributed by atoms with Crippen molar-refractivity contribution in [3.63, 3.8) is 0 Å². The van der Waals surface area contributed by atoms with Crippen LogP contribution in [0.3, 0.4) is 0 Å². The molecule has 0 spiro atoms. The van der Waals surface area contributed by atoms with Gasteiger partial charge in [0.1, 0.15) is 0 Å². The van der Waals surface area contributed by atoms with Gasteiger partial charge in [-0.2, -0.15) is 9.98 Å². The smallest absolute Gasteiger partial charge is 0.345 e. The molecule has 0 saturated carbocycles. The zero-order chi connectivity index (χ0) is 9.64. The number of nitrogens with one attached hydrogen (secondary N) is 2. The lowest BCUT2D eigenvalue weighted by atomic mass is 10.2. The molecule has 0 radical (unpaired) electrons. The summed E-state index contributed by atoms with van der Waals surface area (Å²) in [5, 5.41) is 13.6. The Hall–Kier alpha value is -1.96. The highest BCUT2D eigenvalue weighted by Crippen LogP contribution is 2.15. The number of amides is 3. The highest BCUT2D eigenvalue weighted by atomic mass is 16.3. The second-order valence-corrected chi connectivity index (χ2v) is 2.51. The Morgan fingerprint density at radius 3 is 2.85 bits per heavy atom. The number of hydrogen-bond acceptors (Lipinski definition) is 5. The van der Waals surface area contributed by atoms with Crippen LogP contribution < -0.4 is 16.4 Å². The summed E-state index contributed by atoms with van der Waals surface area (Å²) in [7, 11) is 0. The van der Waals surface area contributed by atoms with Gasteiger partial charge in [-0.15, -0.1) is 0 Å². The molecule has 2 aliphatic rings. The SMILES string of the molecule is NC1=NC2(O)NC(=O)N=C2C(=O)N1. The molecular formula is C5H5N5O3. The van der Waals surface area contributed by atoms with Gasteiger partial charge in [-0.3, -0.25) is 15.4 Å². The van der Waals surface area contributed by atoms with E-state index in [1.165, 1.54) is 0 Å². The third-order valence-corrected chi connectivity index (χ3v) is 1.56. The third kappa shape index (κ3) is 0.957. The standard InChI is InChI=1S/C5H5N5O3/c6-3-8-2(11)1-5(13,9-3)10-4(12)7-1/h13H,(H,10,12)(H3,6,8,9,11). The summed E-state index contributed by atoms with van der Waals surface area (Å²) < 4.78 is 0. The average molecular weight is 183 g/mol. The molecule has 68 valence electrons. The van der Waals surface area contributed by atoms with Gasteiger partial charge in [0.2, 0.25) is 0 Å². The van der Waals surface area contributed by atoms with Crippen molar-refractivity contribution in [2.75, 3.05) is 0 Å². The predicted molar refractivity (Wildman–Crippen MR) is 40.7 cm³/mol. The normalized spacial score (nSPS) is 31.5. The second-order valence-electron chi connectivity index (χ2n) is 2.51. The molecule has 0 aliphatic carbocycles. The minimum Gasteiger partial charge on any atom is -0.369 e. The number of carbonyl (C=O) groups is 2. The van der Waals surface area contributed by atoms with Crippen LogP contribution in [0, 0.1) is 0 Å². The summed E-state index contributed by atoms with van der Waals surface area (Å²) in [6.45, 7) is 0. The Kier molecular flexibility index (Phi) is 1.21. The maximum absolute atomic E-state index is 11.1. The maximum atomic E-state index is 11.1. The number of guanidine groups is 1. The van der Waals surface area contributed by atoms with Gasteiger partial charge >= 0.3 is 6.03 Å². The van der Waals surface area contributed by atoms with Crippen molar-refractivity contribution in [1.82, 2.24) is 10.6 Å². The highest BCUT2D eigenvalue weighted by Gasteiger charge is 2.47. The van der Waals surface area contributed by atoms with Gasteiger partial charge in [-0.1, -0.05) is 0 Å². The first-order chi connectivity index (χ1) is 6.01. The Bertz CT molecular complexity index is 372. The molecule has 0 saturated heterocycles. The third-order valence-electron chi connectivity index (χ3n) is 1.56. The van der Waals surface area contributed by atoms with Gasteiger partial charge in [0, 0.05) is 0 Å². The van der Waals surface area contributed by atoms with Gasteiger partial charge in [0.15, 0.2) is 11.7 Å². The molecule has 1 unspecified atom stereocenters. The first-order valence-corrected chi connectivity index (χ1v) is 3.31. The number of rotatable bonds is 0. The number of nitrogens with zero attached hydrogens (tertiary/aromatic N) is 2. The summed E-state index contributed by atoms with van der Waals surface area (Å²) >= 11 is 0. The number of nitrogens with two attached hydrogens (primary N) is 1. The Morgan fingerprint density at radius 2 is 2.15 bits per heavy atom. The summed E-state index contributed by atoms with van der Waals surface area (Å²) in [5.41, 5.74) is 4.77. The van der Waals surface area contributed by atoms with Crippen LogP contribution in [-0.2, 0) is 4.79 Å². The van der Waals surface area contributed by atoms with Crippen molar-refractivity contribution >= 4 is 23.6 Å². The molecule has 0 aromatic heterocycles. The summed E-state index contributed by atoms with van der Waals surface area (Å²) in [4.78, 5) is 28.5. The number of carbonyl (C=O) groups excluding carboxylic acids is 2. The van der Waals surface area contributed by atoms with Crippen LogP contribution in [0.2, 0.25) is 0 Å². The number of aliphatic imine (C=N–C) groups is 2. The molecule has 5 N–H and O–H groups in total. The van der Waals surface area contributed by atoms with Gasteiger partial charge in [-0.05, 0) is 0 Å². The molecule has 8 heteroatoms. The molecule has 0 aromatic rings. The highest BCUT2D eigenvalue weighted by molar-refractivity contribution is 6.48. The van der Waals surface area contributed by atoms with Crippen LogP contribution in [-0.4, -0.2) is 34.6 Å². The predicted octanol–water partition coefficient (Wildman–Crippen LogP) is -2.76. The fourth-order valence-corrected chi connectivity index (χ4v) is 1.08. The Morgan fingerprint density at radius 1 is 1.46 bits per heavy atom. The van der Waals surface area contributed by atoms with Crippen molar-refractivity contribution in [3.05, 3.63) is 0 Å². The first-order valence-electron chi connectivity index (χ1n) is 3.31. The van der Waals surface area contributed by atoms with E-state index in [9.17, 15) is 14.7 Å². The van der Waals surface area contributed by atoms with Crippen LogP contribution in [0.5, 0.6) is 0 Å². The molecule has 2 aliphatic heterocycles. The molecule has 0 aromatic carbocycles. The lowest BCUT2D eigenvalue weighted by molar-refractivity contribution is -0.114. The van der Waals surface area contributed by atoms with Gasteiger partial charge in [0.25, 0.3) is 11.8 Å². The monoisotopic (exact) mass is 183 g/mol. The van der Waals surface area contributed by atoms with Gasteiger partial charge < -0.3 is 10.8 Å². The Balaban J connectivity index is 2.53. The molecule has 2 rings (SSSR count). The van der Waals surface area contributed by atoms with E-state index in [1.807, 2.05) is 5.32 Å². The average Bonchev–Trinajstić information content (AvgIpc) is 2.23. The van der Waals surface area contributed by atoms with E-state index in [-0.39, 0.29) is 5.96 Å². The van der Waals surface area contributed by atoms with E-state index < -0.39 is 23.5 Å². The molecular weight excluding hydrogens is 178 g/mol. The molecule has 13 heavy (non-hydrogen) atoms. The molecule has 2 heterocycles. The molecule has 3 amide bonds. The van der Waals surface area contributed by atoms with E-state index >= 15 is 0 Å². The number of aliphatic hydroxyl groups is 1. The molecule has 1 atom stereocenters. The van der Waals surface area contributed by atoms with Crippen LogP contribution in [0.15, 0.2) is 9.98 Å². The fraction of sp³-hybridized carbons (Fsp3) is 0.200. The fourth-order valence-electron chi connectivity index (χ4n) is 1.08. The quantitative estimate of drug-likeness (QED) is 0.324.